The van der Waals surface area contributed by atoms with Crippen molar-refractivity contribution in [3.63, 3.8) is 0 Å². The van der Waals surface area contributed by atoms with Crippen LogP contribution in [0.1, 0.15) is 16.7 Å². The lowest BCUT2D eigenvalue weighted by molar-refractivity contribution is -0.128. The molecule has 0 saturated heterocycles. The van der Waals surface area contributed by atoms with Gasteiger partial charge in [-0.2, -0.15) is 10.2 Å². The number of ether oxygens (including phenoxy) is 1. The zero-order chi connectivity index (χ0) is 32.7. The molecule has 0 aliphatic heterocycles. The summed E-state index contributed by atoms with van der Waals surface area (Å²) in [6.07, 6.45) is 4.17. The molecule has 1 atom stereocenters. The molecule has 0 spiro atoms. The molecule has 0 aliphatic carbocycles. The molecule has 5 aromatic rings. The van der Waals surface area contributed by atoms with Crippen LogP contribution in [0, 0.1) is 11.6 Å². The van der Waals surface area contributed by atoms with Crippen molar-refractivity contribution >= 4 is 5.91 Å². The molecule has 1 amide bonds. The molecular formula is C31H32F2N8O5. The molecule has 0 saturated carbocycles. The van der Waals surface area contributed by atoms with E-state index >= 15 is 0 Å². The summed E-state index contributed by atoms with van der Waals surface area (Å²) < 4.78 is 38.1. The van der Waals surface area contributed by atoms with E-state index in [4.69, 9.17) is 9.94 Å². The van der Waals surface area contributed by atoms with Crippen LogP contribution in [0.15, 0.2) is 90.5 Å². The third-order valence-electron chi connectivity index (χ3n) is 7.24. The quantitative estimate of drug-likeness (QED) is 0.123. The molecule has 3 N–H and O–H groups in total. The topological polar surface area (TPSA) is 153 Å². The number of rotatable bonds is 14. The number of amides is 1. The lowest BCUT2D eigenvalue weighted by Gasteiger charge is -2.33. The van der Waals surface area contributed by atoms with E-state index in [2.05, 4.69) is 15.2 Å². The summed E-state index contributed by atoms with van der Waals surface area (Å²) in [7, 11) is 1.77. The number of likely N-dealkylation sites (N-methyl/N-ethyl adjacent to an activating group) is 1. The van der Waals surface area contributed by atoms with E-state index in [1.165, 1.54) is 39.0 Å². The van der Waals surface area contributed by atoms with Crippen LogP contribution in [0.25, 0.3) is 5.69 Å². The Hall–Kier alpha value is -5.25. The van der Waals surface area contributed by atoms with Gasteiger partial charge in [-0.25, -0.2) is 38.0 Å². The predicted octanol–water partition coefficient (Wildman–Crippen LogP) is 2.05. The van der Waals surface area contributed by atoms with Gasteiger partial charge < -0.3 is 9.84 Å². The molecule has 15 heteroatoms. The average Bonchev–Trinajstić information content (AvgIpc) is 3.67. The van der Waals surface area contributed by atoms with Gasteiger partial charge in [0.15, 0.2) is 0 Å². The van der Waals surface area contributed by atoms with E-state index in [1.807, 2.05) is 12.1 Å². The van der Waals surface area contributed by atoms with Crippen molar-refractivity contribution in [3.05, 3.63) is 125 Å². The molecule has 2 heterocycles. The molecule has 5 rings (SSSR count). The Kier molecular flexibility index (Phi) is 9.95. The second-order valence-corrected chi connectivity index (χ2v) is 10.8. The second kappa shape index (κ2) is 14.2. The van der Waals surface area contributed by atoms with Crippen molar-refractivity contribution in [3.8, 4) is 11.4 Å². The third kappa shape index (κ3) is 7.87. The van der Waals surface area contributed by atoms with Crippen LogP contribution >= 0.6 is 0 Å². The van der Waals surface area contributed by atoms with Crippen molar-refractivity contribution in [1.29, 1.82) is 0 Å². The number of aliphatic hydroxyl groups is 1. The number of hydrogen-bond donors (Lipinski definition) is 3. The van der Waals surface area contributed by atoms with E-state index in [-0.39, 0.29) is 43.9 Å². The number of carbonyl (C=O) groups is 1. The first kappa shape index (κ1) is 32.2. The first-order valence-electron chi connectivity index (χ1n) is 14.2. The normalized spacial score (nSPS) is 12.7. The van der Waals surface area contributed by atoms with Gasteiger partial charge in [0.2, 0.25) is 5.91 Å². The molecule has 46 heavy (non-hydrogen) atoms. The zero-order valence-corrected chi connectivity index (χ0v) is 24.8. The van der Waals surface area contributed by atoms with Crippen molar-refractivity contribution < 1.29 is 28.6 Å². The maximum atomic E-state index is 14.8. The minimum atomic E-state index is -1.74. The third-order valence-corrected chi connectivity index (χ3v) is 7.24. The number of halogens is 2. The number of carbonyl (C=O) groups excluding carboxylic acids is 1. The number of hydroxylamine groups is 1. The fourth-order valence-corrected chi connectivity index (χ4v) is 5.09. The minimum Gasteiger partial charge on any atom is -0.492 e. The minimum absolute atomic E-state index is 0.00350. The predicted molar refractivity (Wildman–Crippen MR) is 160 cm³/mol. The van der Waals surface area contributed by atoms with Crippen LogP contribution in [0.4, 0.5) is 8.78 Å². The van der Waals surface area contributed by atoms with Crippen LogP contribution in [0.5, 0.6) is 5.75 Å². The van der Waals surface area contributed by atoms with Gasteiger partial charge in [0.25, 0.3) is 0 Å². The number of nitrogens with one attached hydrogen (secondary N) is 1. The van der Waals surface area contributed by atoms with Gasteiger partial charge in [0, 0.05) is 24.7 Å². The molecule has 240 valence electrons. The Bertz CT molecular complexity index is 1810. The molecular weight excluding hydrogens is 602 g/mol. The lowest BCUT2D eigenvalue weighted by atomic mass is 9.92. The molecule has 0 aliphatic rings. The molecule has 0 radical (unpaired) electrons. The van der Waals surface area contributed by atoms with Gasteiger partial charge in [-0.3, -0.25) is 14.9 Å². The number of nitrogens with zero attached hydrogens (tertiary/aromatic N) is 7. The van der Waals surface area contributed by atoms with Crippen LogP contribution in [0.2, 0.25) is 0 Å². The Morgan fingerprint density at radius 3 is 2.43 bits per heavy atom. The lowest BCUT2D eigenvalue weighted by Crippen LogP contribution is -2.43. The highest BCUT2D eigenvalue weighted by atomic mass is 19.1. The SMILES string of the molecule is CN(Cc1ccc(-n2cnn(CCOc3ccc(CC(=O)NO)cc3)c2=O)cc1)CC(O)(Cn1cncn1)c1ccc(F)cc1F. The maximum absolute atomic E-state index is 14.8. The van der Waals surface area contributed by atoms with Crippen LogP contribution < -0.4 is 15.9 Å². The highest BCUT2D eigenvalue weighted by Crippen LogP contribution is 2.28. The van der Waals surface area contributed by atoms with Gasteiger partial charge in [-0.1, -0.05) is 30.3 Å². The molecule has 3 aromatic carbocycles. The first-order chi connectivity index (χ1) is 22.1. The fraction of sp³-hybridized carbons (Fsp3) is 0.258. The Morgan fingerprint density at radius 2 is 1.76 bits per heavy atom. The summed E-state index contributed by atoms with van der Waals surface area (Å²) in [5, 5.41) is 28.4. The highest BCUT2D eigenvalue weighted by molar-refractivity contribution is 5.77. The summed E-state index contributed by atoms with van der Waals surface area (Å²) in [4.78, 5) is 29.9. The van der Waals surface area contributed by atoms with Gasteiger partial charge >= 0.3 is 5.69 Å². The summed E-state index contributed by atoms with van der Waals surface area (Å²) in [6.45, 7) is 0.661. The smallest absolute Gasteiger partial charge is 0.350 e. The summed E-state index contributed by atoms with van der Waals surface area (Å²) >= 11 is 0. The molecule has 1 unspecified atom stereocenters. The van der Waals surface area contributed by atoms with Crippen molar-refractivity contribution in [2.45, 2.75) is 31.7 Å². The summed E-state index contributed by atoms with van der Waals surface area (Å²) in [6, 6.07) is 17.1. The standard InChI is InChI=1S/C31H32F2N8O5/c1-38(17-31(44,18-39-20-34-19-35-39)27-11-6-24(32)15-28(27)33)16-23-2-7-25(8-3-23)40-21-36-41(30(40)43)12-13-46-26-9-4-22(5-10-26)14-29(42)37-45/h2-11,15,19-21,44-45H,12-14,16-18H2,1H3,(H,37,42). The Labute approximate surface area is 261 Å². The molecule has 2 aromatic heterocycles. The van der Waals surface area contributed by atoms with Gasteiger partial charge in [0.05, 0.1) is 25.2 Å². The van der Waals surface area contributed by atoms with Gasteiger partial charge in [-0.05, 0) is 48.5 Å². The fourth-order valence-electron chi connectivity index (χ4n) is 5.09. The van der Waals surface area contributed by atoms with Crippen molar-refractivity contribution in [2.24, 2.45) is 0 Å². The largest absolute Gasteiger partial charge is 0.492 e. The van der Waals surface area contributed by atoms with E-state index in [0.717, 1.165) is 17.7 Å². The monoisotopic (exact) mass is 634 g/mol. The van der Waals surface area contributed by atoms with Crippen molar-refractivity contribution in [1.82, 2.24) is 39.5 Å². The Balaban J connectivity index is 1.19. The second-order valence-electron chi connectivity index (χ2n) is 10.8. The zero-order valence-electron chi connectivity index (χ0n) is 24.8. The average molecular weight is 635 g/mol. The molecule has 13 nitrogen and oxygen atoms in total. The number of aromatic nitrogens is 6. The van der Waals surface area contributed by atoms with Crippen LogP contribution in [0.3, 0.4) is 0 Å². The van der Waals surface area contributed by atoms with E-state index in [0.29, 0.717) is 23.5 Å². The maximum Gasteiger partial charge on any atom is 0.350 e. The van der Waals surface area contributed by atoms with E-state index < -0.39 is 23.1 Å². The van der Waals surface area contributed by atoms with Gasteiger partial charge in [-0.15, -0.1) is 0 Å². The summed E-state index contributed by atoms with van der Waals surface area (Å²) in [5.41, 5.74) is 1.61. The van der Waals surface area contributed by atoms with Crippen LogP contribution in [-0.4, -0.2) is 70.4 Å². The molecule has 0 fully saturated rings. The summed E-state index contributed by atoms with van der Waals surface area (Å²) in [5.74, 6) is -1.57. The van der Waals surface area contributed by atoms with Gasteiger partial charge in [0.1, 0.15) is 48.6 Å². The van der Waals surface area contributed by atoms with E-state index in [9.17, 15) is 23.5 Å². The molecule has 0 bridgehead atoms. The number of benzene rings is 3. The van der Waals surface area contributed by atoms with Crippen molar-refractivity contribution in [2.75, 3.05) is 20.2 Å². The van der Waals surface area contributed by atoms with E-state index in [1.54, 1.807) is 53.8 Å². The van der Waals surface area contributed by atoms with Crippen LogP contribution in [-0.2, 0) is 36.5 Å². The highest BCUT2D eigenvalue weighted by Gasteiger charge is 2.35. The number of hydrogen-bond acceptors (Lipinski definition) is 9. The Morgan fingerprint density at radius 1 is 1.02 bits per heavy atom. The first-order valence-corrected chi connectivity index (χ1v) is 14.2.